The minimum Gasteiger partial charge on any atom is -0.350 e. The van der Waals surface area contributed by atoms with Crippen LogP contribution in [0.5, 0.6) is 0 Å². The van der Waals surface area contributed by atoms with Gasteiger partial charge in [-0.15, -0.1) is 0 Å². The van der Waals surface area contributed by atoms with Gasteiger partial charge in [0.2, 0.25) is 0 Å². The molecule has 1 aliphatic carbocycles. The number of rotatable bonds is 7. The van der Waals surface area contributed by atoms with E-state index in [9.17, 15) is 18.0 Å². The molecular formula is C24H30N4O6S. The number of fused-ring (bicyclic) bond motifs is 1. The van der Waals surface area contributed by atoms with E-state index in [1.807, 2.05) is 0 Å². The summed E-state index contributed by atoms with van der Waals surface area (Å²) < 4.78 is 30.2. The smallest absolute Gasteiger partial charge is 0.328 e. The van der Waals surface area contributed by atoms with Crippen molar-refractivity contribution in [3.8, 4) is 23.7 Å². The number of hydrogen-bond acceptors (Lipinski definition) is 7. The van der Waals surface area contributed by atoms with E-state index < -0.39 is 26.8 Å². The van der Waals surface area contributed by atoms with Crippen LogP contribution in [0.1, 0.15) is 56.7 Å². The fourth-order valence-electron chi connectivity index (χ4n) is 3.83. The number of carbonyl (C=O) groups excluding carboxylic acids is 2. The van der Waals surface area contributed by atoms with Gasteiger partial charge in [0, 0.05) is 43.3 Å². The second kappa shape index (κ2) is 9.67. The molecule has 0 spiro atoms. The summed E-state index contributed by atoms with van der Waals surface area (Å²) in [7, 11) is -3.82. The number of nitrogens with zero attached hydrogens (tertiary/aromatic N) is 2. The number of hydrogen-bond donors (Lipinski definition) is 2. The van der Waals surface area contributed by atoms with Crippen LogP contribution in [0.2, 0.25) is 0 Å². The van der Waals surface area contributed by atoms with Crippen molar-refractivity contribution >= 4 is 21.8 Å². The maximum Gasteiger partial charge on any atom is 0.328 e. The lowest BCUT2D eigenvalue weighted by atomic mass is 10.1. The highest BCUT2D eigenvalue weighted by atomic mass is 32.2. The number of amides is 2. The number of ether oxygens (including phenoxy) is 1. The Bertz CT molecular complexity index is 1240. The first-order valence-electron chi connectivity index (χ1n) is 11.6. The van der Waals surface area contributed by atoms with Gasteiger partial charge in [-0.2, -0.15) is 0 Å². The lowest BCUT2D eigenvalue weighted by Crippen LogP contribution is -2.52. The number of nitrogens with two attached hydrogens (primary N) is 1. The molecule has 3 aliphatic rings. The number of nitrogens with one attached hydrogen (secondary N) is 1. The molecule has 3 heterocycles. The molecule has 2 amide bonds. The van der Waals surface area contributed by atoms with Crippen LogP contribution in [0.25, 0.3) is 0 Å². The second-order valence-electron chi connectivity index (χ2n) is 9.55. The SMILES string of the molecule is CC(CCN1Cc2cc(C#CC#CC3(N)CC3)cn2C1=O)(C(=O)NO[C@@H]1CCCCO1)S(C)(=O)=O. The van der Waals surface area contributed by atoms with Crippen LogP contribution in [0.3, 0.4) is 0 Å². The number of aromatic nitrogens is 1. The molecule has 188 valence electrons. The first kappa shape index (κ1) is 25.3. The monoisotopic (exact) mass is 502 g/mol. The molecule has 0 bridgehead atoms. The van der Waals surface area contributed by atoms with Gasteiger partial charge in [0.1, 0.15) is 0 Å². The first-order chi connectivity index (χ1) is 16.5. The van der Waals surface area contributed by atoms with Crippen molar-refractivity contribution in [3.05, 3.63) is 23.5 Å². The van der Waals surface area contributed by atoms with Gasteiger partial charge in [0.25, 0.3) is 5.91 Å². The molecule has 4 rings (SSSR count). The fraction of sp³-hybridized carbons (Fsp3) is 0.583. The maximum absolute atomic E-state index is 12.9. The van der Waals surface area contributed by atoms with Crippen molar-refractivity contribution in [1.29, 1.82) is 0 Å². The zero-order valence-corrected chi connectivity index (χ0v) is 20.7. The molecule has 0 aromatic carbocycles. The van der Waals surface area contributed by atoms with Gasteiger partial charge < -0.3 is 15.4 Å². The third kappa shape index (κ3) is 5.71. The van der Waals surface area contributed by atoms with Crippen molar-refractivity contribution in [2.45, 2.75) is 68.6 Å². The van der Waals surface area contributed by atoms with Crippen LogP contribution in [0.15, 0.2) is 12.3 Å². The summed E-state index contributed by atoms with van der Waals surface area (Å²) in [5, 5.41) is 0. The topological polar surface area (TPSA) is 133 Å². The molecule has 35 heavy (non-hydrogen) atoms. The van der Waals surface area contributed by atoms with E-state index >= 15 is 0 Å². The molecule has 1 aromatic heterocycles. The maximum atomic E-state index is 12.9. The van der Waals surface area contributed by atoms with Crippen LogP contribution >= 0.6 is 0 Å². The highest BCUT2D eigenvalue weighted by Crippen LogP contribution is 2.30. The van der Waals surface area contributed by atoms with E-state index in [4.69, 9.17) is 15.3 Å². The molecule has 1 saturated carbocycles. The van der Waals surface area contributed by atoms with Crippen LogP contribution < -0.4 is 11.2 Å². The molecule has 2 aliphatic heterocycles. The van der Waals surface area contributed by atoms with Crippen molar-refractivity contribution in [1.82, 2.24) is 14.9 Å². The minimum absolute atomic E-state index is 0.0719. The van der Waals surface area contributed by atoms with Crippen LogP contribution in [-0.2, 0) is 30.8 Å². The van der Waals surface area contributed by atoms with Crippen molar-refractivity contribution in [2.75, 3.05) is 19.4 Å². The van der Waals surface area contributed by atoms with Gasteiger partial charge in [-0.25, -0.2) is 23.5 Å². The largest absolute Gasteiger partial charge is 0.350 e. The van der Waals surface area contributed by atoms with Gasteiger partial charge in [-0.05, 0) is 56.9 Å². The molecule has 1 saturated heterocycles. The van der Waals surface area contributed by atoms with Gasteiger partial charge in [-0.3, -0.25) is 9.36 Å². The number of hydroxylamine groups is 1. The summed E-state index contributed by atoms with van der Waals surface area (Å²) in [6.07, 6.45) is 6.13. The van der Waals surface area contributed by atoms with Crippen LogP contribution in [0, 0.1) is 23.7 Å². The Kier molecular flexibility index (Phi) is 6.98. The standard InChI is InChI=1S/C24H30N4O6S/c1-23(35(2,31)32,21(29)26-34-20-8-4-6-14-33-20)12-13-27-17-19-15-18(16-28(19)22(27)30)7-3-5-9-24(25)10-11-24/h15-16,20H,4,6,8,10-14,17,25H2,1-2H3,(H,26,29)/t20-,23?/m1/s1. The predicted octanol–water partition coefficient (Wildman–Crippen LogP) is 0.886. The summed E-state index contributed by atoms with van der Waals surface area (Å²) >= 11 is 0. The number of carbonyl (C=O) groups is 2. The van der Waals surface area contributed by atoms with E-state index in [-0.39, 0.29) is 31.1 Å². The normalized spacial score (nSPS) is 22.2. The molecule has 2 atom stereocenters. The van der Waals surface area contributed by atoms with E-state index in [1.165, 1.54) is 16.4 Å². The van der Waals surface area contributed by atoms with Crippen molar-refractivity contribution < 1.29 is 27.6 Å². The van der Waals surface area contributed by atoms with E-state index in [2.05, 4.69) is 29.2 Å². The molecule has 11 heteroatoms. The molecule has 3 N–H and O–H groups in total. The first-order valence-corrected chi connectivity index (χ1v) is 13.5. The molecule has 0 radical (unpaired) electrons. The van der Waals surface area contributed by atoms with E-state index in [1.54, 1.807) is 12.3 Å². The lowest BCUT2D eigenvalue weighted by Gasteiger charge is -2.29. The highest BCUT2D eigenvalue weighted by molar-refractivity contribution is 7.92. The Morgan fingerprint density at radius 3 is 2.77 bits per heavy atom. The average molecular weight is 503 g/mol. The summed E-state index contributed by atoms with van der Waals surface area (Å²) in [5.41, 5.74) is 9.16. The highest BCUT2D eigenvalue weighted by Gasteiger charge is 2.45. The quantitative estimate of drug-likeness (QED) is 0.418. The molecular weight excluding hydrogens is 472 g/mol. The van der Waals surface area contributed by atoms with Gasteiger partial charge in [0.05, 0.1) is 12.1 Å². The van der Waals surface area contributed by atoms with Crippen molar-refractivity contribution in [2.24, 2.45) is 5.73 Å². The third-order valence-electron chi connectivity index (χ3n) is 6.68. The summed E-state index contributed by atoms with van der Waals surface area (Å²) in [4.78, 5) is 32.5. The Balaban J connectivity index is 1.36. The van der Waals surface area contributed by atoms with Gasteiger partial charge in [0.15, 0.2) is 20.9 Å². The third-order valence-corrected chi connectivity index (χ3v) is 8.70. The Hall–Kier alpha value is -2.83. The predicted molar refractivity (Wildman–Crippen MR) is 127 cm³/mol. The van der Waals surface area contributed by atoms with Gasteiger partial charge in [-0.1, -0.05) is 11.8 Å². The zero-order chi connectivity index (χ0) is 25.3. The Morgan fingerprint density at radius 1 is 1.37 bits per heavy atom. The molecule has 10 nitrogen and oxygen atoms in total. The van der Waals surface area contributed by atoms with E-state index in [0.717, 1.165) is 37.6 Å². The molecule has 2 fully saturated rings. The molecule has 1 aromatic rings. The van der Waals surface area contributed by atoms with Gasteiger partial charge >= 0.3 is 6.03 Å². The lowest BCUT2D eigenvalue weighted by molar-refractivity contribution is -0.201. The fourth-order valence-corrected chi connectivity index (χ4v) is 4.67. The minimum atomic E-state index is -3.82. The summed E-state index contributed by atoms with van der Waals surface area (Å²) in [5.74, 6) is 10.6. The van der Waals surface area contributed by atoms with Crippen LogP contribution in [0.4, 0.5) is 4.79 Å². The van der Waals surface area contributed by atoms with Crippen molar-refractivity contribution in [3.63, 3.8) is 0 Å². The second-order valence-corrected chi connectivity index (χ2v) is 12.0. The average Bonchev–Trinajstić information content (AvgIpc) is 3.30. The number of sulfone groups is 1. The molecule has 1 unspecified atom stereocenters. The summed E-state index contributed by atoms with van der Waals surface area (Å²) in [6, 6.07) is 1.49. The van der Waals surface area contributed by atoms with Crippen LogP contribution in [-0.4, -0.2) is 65.8 Å². The zero-order valence-electron chi connectivity index (χ0n) is 19.9. The van der Waals surface area contributed by atoms with E-state index in [0.29, 0.717) is 18.6 Å². The Labute approximate surface area is 205 Å². The Morgan fingerprint density at radius 2 is 2.14 bits per heavy atom. The summed E-state index contributed by atoms with van der Waals surface area (Å²) in [6.45, 7) is 2.22.